The van der Waals surface area contributed by atoms with Gasteiger partial charge in [-0.1, -0.05) is 6.92 Å². The van der Waals surface area contributed by atoms with E-state index in [0.717, 1.165) is 17.7 Å². The monoisotopic (exact) mass is 279 g/mol. The first-order valence-electron chi connectivity index (χ1n) is 7.08. The number of amides is 1. The van der Waals surface area contributed by atoms with Crippen LogP contribution >= 0.6 is 0 Å². The van der Waals surface area contributed by atoms with E-state index in [9.17, 15) is 9.59 Å². The number of aryl methyl sites for hydroxylation is 1. The average molecular weight is 279 g/mol. The van der Waals surface area contributed by atoms with Crippen molar-refractivity contribution in [2.45, 2.75) is 39.7 Å². The molecule has 1 aliphatic heterocycles. The van der Waals surface area contributed by atoms with Gasteiger partial charge in [-0.15, -0.1) is 0 Å². The van der Waals surface area contributed by atoms with Crippen molar-refractivity contribution in [2.24, 2.45) is 7.05 Å². The zero-order valence-corrected chi connectivity index (χ0v) is 12.3. The summed E-state index contributed by atoms with van der Waals surface area (Å²) in [4.78, 5) is 25.8. The molecule has 110 valence electrons. The van der Waals surface area contributed by atoms with Crippen LogP contribution in [0.2, 0.25) is 0 Å². The Morgan fingerprint density at radius 2 is 2.10 bits per heavy atom. The fourth-order valence-electron chi connectivity index (χ4n) is 2.54. The predicted molar refractivity (Wildman–Crippen MR) is 73.2 cm³/mol. The van der Waals surface area contributed by atoms with Gasteiger partial charge in [-0.25, -0.2) is 4.79 Å². The van der Waals surface area contributed by atoms with Gasteiger partial charge >= 0.3 is 5.97 Å². The summed E-state index contributed by atoms with van der Waals surface area (Å²) < 4.78 is 6.64. The number of fused-ring (bicyclic) bond motifs is 1. The van der Waals surface area contributed by atoms with Crippen molar-refractivity contribution in [1.29, 1.82) is 0 Å². The molecule has 1 aromatic rings. The summed E-state index contributed by atoms with van der Waals surface area (Å²) in [5.41, 5.74) is 2.20. The number of aromatic nitrogens is 2. The highest BCUT2D eigenvalue weighted by Crippen LogP contribution is 2.23. The summed E-state index contributed by atoms with van der Waals surface area (Å²) >= 11 is 0. The highest BCUT2D eigenvalue weighted by molar-refractivity contribution is 5.90. The van der Waals surface area contributed by atoms with Gasteiger partial charge in [0, 0.05) is 38.5 Å². The van der Waals surface area contributed by atoms with Gasteiger partial charge in [-0.3, -0.25) is 9.48 Å². The number of hydrogen-bond donors (Lipinski definition) is 0. The molecule has 0 aliphatic carbocycles. The molecular weight excluding hydrogens is 258 g/mol. The summed E-state index contributed by atoms with van der Waals surface area (Å²) in [5, 5.41) is 4.37. The van der Waals surface area contributed by atoms with E-state index < -0.39 is 0 Å². The van der Waals surface area contributed by atoms with Gasteiger partial charge in [0.25, 0.3) is 0 Å². The molecule has 0 aromatic carbocycles. The van der Waals surface area contributed by atoms with Crippen LogP contribution in [0.4, 0.5) is 0 Å². The SMILES string of the molecule is CCCC(=O)N1CCc2nn(C)c(C(=O)OCC)c2C1. The van der Waals surface area contributed by atoms with E-state index in [0.29, 0.717) is 38.2 Å². The molecule has 0 unspecified atom stereocenters. The molecule has 1 aliphatic rings. The lowest BCUT2D eigenvalue weighted by molar-refractivity contribution is -0.132. The molecule has 0 radical (unpaired) electrons. The van der Waals surface area contributed by atoms with Crippen molar-refractivity contribution in [3.63, 3.8) is 0 Å². The largest absolute Gasteiger partial charge is 0.461 e. The lowest BCUT2D eigenvalue weighted by Gasteiger charge is -2.26. The fourth-order valence-corrected chi connectivity index (χ4v) is 2.54. The van der Waals surface area contributed by atoms with Crippen molar-refractivity contribution >= 4 is 11.9 Å². The number of esters is 1. The topological polar surface area (TPSA) is 64.4 Å². The second kappa shape index (κ2) is 6.07. The number of nitrogens with zero attached hydrogens (tertiary/aromatic N) is 3. The van der Waals surface area contributed by atoms with Crippen LogP contribution in [0.3, 0.4) is 0 Å². The molecule has 20 heavy (non-hydrogen) atoms. The van der Waals surface area contributed by atoms with Gasteiger partial charge < -0.3 is 9.64 Å². The Hall–Kier alpha value is -1.85. The number of hydrogen-bond acceptors (Lipinski definition) is 4. The van der Waals surface area contributed by atoms with Crippen LogP contribution in [0.15, 0.2) is 0 Å². The molecule has 0 atom stereocenters. The minimum absolute atomic E-state index is 0.136. The summed E-state index contributed by atoms with van der Waals surface area (Å²) in [5.74, 6) is -0.231. The third kappa shape index (κ3) is 2.69. The van der Waals surface area contributed by atoms with Crippen LogP contribution in [0.1, 0.15) is 48.4 Å². The molecule has 6 heteroatoms. The van der Waals surface area contributed by atoms with Crippen LogP contribution < -0.4 is 0 Å². The Morgan fingerprint density at radius 1 is 1.35 bits per heavy atom. The van der Waals surface area contributed by atoms with Crippen molar-refractivity contribution < 1.29 is 14.3 Å². The van der Waals surface area contributed by atoms with E-state index in [-0.39, 0.29) is 11.9 Å². The van der Waals surface area contributed by atoms with Gasteiger partial charge in [0.05, 0.1) is 12.3 Å². The quantitative estimate of drug-likeness (QED) is 0.779. The Labute approximate surface area is 118 Å². The summed E-state index contributed by atoms with van der Waals surface area (Å²) in [6.45, 7) is 5.22. The first-order valence-corrected chi connectivity index (χ1v) is 7.08. The summed E-state index contributed by atoms with van der Waals surface area (Å²) in [6, 6.07) is 0. The minimum atomic E-state index is -0.367. The first-order chi connectivity index (χ1) is 9.58. The molecule has 0 spiro atoms. The maximum absolute atomic E-state index is 12.0. The summed E-state index contributed by atoms with van der Waals surface area (Å²) in [7, 11) is 1.74. The van der Waals surface area contributed by atoms with Crippen molar-refractivity contribution in [3.8, 4) is 0 Å². The highest BCUT2D eigenvalue weighted by Gasteiger charge is 2.29. The van der Waals surface area contributed by atoms with Crippen molar-refractivity contribution in [1.82, 2.24) is 14.7 Å². The van der Waals surface area contributed by atoms with E-state index in [1.54, 1.807) is 23.6 Å². The van der Waals surface area contributed by atoms with Gasteiger partial charge in [0.2, 0.25) is 5.91 Å². The van der Waals surface area contributed by atoms with Gasteiger partial charge in [-0.2, -0.15) is 5.10 Å². The van der Waals surface area contributed by atoms with Crippen molar-refractivity contribution in [2.75, 3.05) is 13.2 Å². The van der Waals surface area contributed by atoms with Crippen LogP contribution in [0, 0.1) is 0 Å². The highest BCUT2D eigenvalue weighted by atomic mass is 16.5. The Balaban J connectivity index is 2.25. The van der Waals surface area contributed by atoms with Crippen LogP contribution in [0.5, 0.6) is 0 Å². The molecule has 0 saturated heterocycles. The van der Waals surface area contributed by atoms with E-state index in [1.807, 2.05) is 6.92 Å². The number of rotatable bonds is 4. The van der Waals surface area contributed by atoms with E-state index in [1.165, 1.54) is 0 Å². The zero-order valence-electron chi connectivity index (χ0n) is 12.3. The number of carbonyl (C=O) groups is 2. The summed E-state index contributed by atoms with van der Waals surface area (Å²) in [6.07, 6.45) is 2.07. The second-order valence-corrected chi connectivity index (χ2v) is 4.93. The average Bonchev–Trinajstić information content (AvgIpc) is 2.74. The van der Waals surface area contributed by atoms with Crippen LogP contribution in [-0.4, -0.2) is 39.7 Å². The maximum atomic E-state index is 12.0. The minimum Gasteiger partial charge on any atom is -0.461 e. The third-order valence-electron chi connectivity index (χ3n) is 3.48. The van der Waals surface area contributed by atoms with Gasteiger partial charge in [0.15, 0.2) is 5.69 Å². The standard InChI is InChI=1S/C14H21N3O3/c1-4-6-12(18)17-8-7-11-10(9-17)13(16(3)15-11)14(19)20-5-2/h4-9H2,1-3H3. The first kappa shape index (κ1) is 14.6. The molecule has 1 aromatic heterocycles. The Morgan fingerprint density at radius 3 is 2.75 bits per heavy atom. The third-order valence-corrected chi connectivity index (χ3v) is 3.48. The molecule has 6 nitrogen and oxygen atoms in total. The number of carbonyl (C=O) groups excluding carboxylic acids is 2. The lowest BCUT2D eigenvalue weighted by atomic mass is 10.0. The molecule has 2 heterocycles. The molecule has 0 bridgehead atoms. The van der Waals surface area contributed by atoms with Gasteiger partial charge in [0.1, 0.15) is 0 Å². The lowest BCUT2D eigenvalue weighted by Crippen LogP contribution is -2.36. The normalized spacial score (nSPS) is 14.1. The molecule has 0 N–H and O–H groups in total. The molecule has 1 amide bonds. The van der Waals surface area contributed by atoms with Crippen LogP contribution in [-0.2, 0) is 29.5 Å². The number of ether oxygens (including phenoxy) is 1. The fraction of sp³-hybridized carbons (Fsp3) is 0.643. The zero-order chi connectivity index (χ0) is 14.7. The Kier molecular flexibility index (Phi) is 4.42. The van der Waals surface area contributed by atoms with E-state index in [2.05, 4.69) is 5.10 Å². The van der Waals surface area contributed by atoms with Crippen molar-refractivity contribution in [3.05, 3.63) is 17.0 Å². The van der Waals surface area contributed by atoms with E-state index >= 15 is 0 Å². The molecule has 0 fully saturated rings. The maximum Gasteiger partial charge on any atom is 0.356 e. The Bertz CT molecular complexity index is 522. The molecule has 2 rings (SSSR count). The van der Waals surface area contributed by atoms with E-state index in [4.69, 9.17) is 4.74 Å². The van der Waals surface area contributed by atoms with Crippen LogP contribution in [0.25, 0.3) is 0 Å². The molecule has 0 saturated carbocycles. The molecular formula is C14H21N3O3. The van der Waals surface area contributed by atoms with Gasteiger partial charge in [-0.05, 0) is 13.3 Å². The predicted octanol–water partition coefficient (Wildman–Crippen LogP) is 1.28. The smallest absolute Gasteiger partial charge is 0.356 e. The second-order valence-electron chi connectivity index (χ2n) is 4.93.